The predicted octanol–water partition coefficient (Wildman–Crippen LogP) is 5.20. The van der Waals surface area contributed by atoms with Gasteiger partial charge in [-0.1, -0.05) is 12.1 Å². The van der Waals surface area contributed by atoms with Crippen LogP contribution < -0.4 is 4.72 Å². The number of alkyl halides is 2. The van der Waals surface area contributed by atoms with Crippen molar-refractivity contribution in [3.8, 4) is 11.1 Å². The van der Waals surface area contributed by atoms with Crippen molar-refractivity contribution in [2.24, 2.45) is 5.41 Å². The van der Waals surface area contributed by atoms with Crippen LogP contribution in [-0.2, 0) is 11.2 Å². The lowest BCUT2D eigenvalue weighted by Gasteiger charge is -2.30. The summed E-state index contributed by atoms with van der Waals surface area (Å²) in [5.74, 6) is -2.75. The van der Waals surface area contributed by atoms with Gasteiger partial charge in [0.15, 0.2) is 6.17 Å². The van der Waals surface area contributed by atoms with Crippen LogP contribution in [0.3, 0.4) is 0 Å². The van der Waals surface area contributed by atoms with E-state index in [2.05, 4.69) is 4.72 Å². The molecule has 3 unspecified atom stereocenters. The van der Waals surface area contributed by atoms with E-state index in [-0.39, 0.29) is 35.1 Å². The highest BCUT2D eigenvalue weighted by Crippen LogP contribution is 2.56. The highest BCUT2D eigenvalue weighted by Gasteiger charge is 2.60. The molecule has 1 N–H and O–H groups in total. The fourth-order valence-electron chi connectivity index (χ4n) is 4.68. The Morgan fingerprint density at radius 1 is 1.22 bits per heavy atom. The quantitative estimate of drug-likeness (QED) is 0.446. The molecule has 1 aliphatic carbocycles. The average molecular weight is 471 g/mol. The second-order valence-corrected chi connectivity index (χ2v) is 9.24. The molecule has 1 aliphatic heterocycles. The second kappa shape index (κ2) is 9.02. The lowest BCUT2D eigenvalue weighted by molar-refractivity contribution is -0.137. The monoisotopic (exact) mass is 470 g/mol. The highest BCUT2D eigenvalue weighted by atomic mass is 32.2. The third-order valence-corrected chi connectivity index (χ3v) is 6.92. The third-order valence-electron chi connectivity index (χ3n) is 6.39. The van der Waals surface area contributed by atoms with Crippen LogP contribution in [0.2, 0.25) is 0 Å². The number of nitrogens with zero attached hydrogens (tertiary/aromatic N) is 1. The molecule has 0 aromatic heterocycles. The van der Waals surface area contributed by atoms with E-state index in [0.717, 1.165) is 49.9 Å². The molecule has 0 bridgehead atoms. The number of carbonyl (C=O) groups excluding carboxylic acids is 1. The Labute approximate surface area is 187 Å². The molecule has 4 rings (SSSR count). The van der Waals surface area contributed by atoms with Gasteiger partial charge in [-0.25, -0.2) is 22.0 Å². The molecular formula is C23H23F5N2OS. The first-order chi connectivity index (χ1) is 15.3. The van der Waals surface area contributed by atoms with Gasteiger partial charge in [0.2, 0.25) is 0 Å². The molecule has 1 saturated carbocycles. The normalized spacial score (nSPS) is 22.4. The Bertz CT molecular complexity index is 1010. The zero-order chi connectivity index (χ0) is 23.0. The molecule has 3 nitrogen and oxygen atoms in total. The summed E-state index contributed by atoms with van der Waals surface area (Å²) in [4.78, 5) is 14.0. The predicted molar refractivity (Wildman–Crippen MR) is 114 cm³/mol. The van der Waals surface area contributed by atoms with Crippen molar-refractivity contribution >= 4 is 17.9 Å². The number of hydrogen-bond donors (Lipinski definition) is 1. The zero-order valence-electron chi connectivity index (χ0n) is 17.4. The maximum Gasteiger partial charge on any atom is 0.257 e. The number of rotatable bonds is 7. The fraction of sp³-hybridized carbons (Fsp3) is 0.435. The lowest BCUT2D eigenvalue weighted by Crippen LogP contribution is -2.47. The number of amides is 1. The summed E-state index contributed by atoms with van der Waals surface area (Å²) in [6.45, 7) is 1.42. The van der Waals surface area contributed by atoms with Crippen LogP contribution in [0.4, 0.5) is 22.0 Å². The third kappa shape index (κ3) is 4.37. The van der Waals surface area contributed by atoms with Crippen LogP contribution in [-0.4, -0.2) is 41.6 Å². The van der Waals surface area contributed by atoms with Crippen LogP contribution in [0.1, 0.15) is 25.3 Å². The fourth-order valence-corrected chi connectivity index (χ4v) is 5.33. The van der Waals surface area contributed by atoms with Gasteiger partial charge in [0.1, 0.15) is 23.5 Å². The average Bonchev–Trinajstić information content (AvgIpc) is 3.46. The van der Waals surface area contributed by atoms with Crippen molar-refractivity contribution in [3.63, 3.8) is 0 Å². The first-order valence-corrected chi connectivity index (χ1v) is 11.4. The maximum absolute atomic E-state index is 15.4. The first-order valence-electron chi connectivity index (χ1n) is 10.4. The van der Waals surface area contributed by atoms with E-state index in [1.54, 1.807) is 0 Å². The largest absolute Gasteiger partial charge is 0.335 e. The van der Waals surface area contributed by atoms with E-state index in [1.165, 1.54) is 23.1 Å². The molecule has 2 aromatic rings. The van der Waals surface area contributed by atoms with E-state index in [1.807, 2.05) is 0 Å². The molecule has 32 heavy (non-hydrogen) atoms. The topological polar surface area (TPSA) is 32.3 Å². The van der Waals surface area contributed by atoms with E-state index in [9.17, 15) is 22.4 Å². The molecular weight excluding hydrogens is 447 g/mol. The number of hydrogen-bond acceptors (Lipinski definition) is 3. The summed E-state index contributed by atoms with van der Waals surface area (Å²) in [5, 5.41) is 0. The second-order valence-electron chi connectivity index (χ2n) is 8.50. The van der Waals surface area contributed by atoms with Gasteiger partial charge < -0.3 is 4.90 Å². The molecule has 9 heteroatoms. The van der Waals surface area contributed by atoms with Gasteiger partial charge in [0.05, 0.1) is 6.04 Å². The molecule has 0 radical (unpaired) electrons. The summed E-state index contributed by atoms with van der Waals surface area (Å²) >= 11 is 0.835. The van der Waals surface area contributed by atoms with Gasteiger partial charge in [-0.2, -0.15) is 0 Å². The van der Waals surface area contributed by atoms with Crippen molar-refractivity contribution in [3.05, 3.63) is 59.4 Å². The zero-order valence-corrected chi connectivity index (χ0v) is 18.2. The smallest absolute Gasteiger partial charge is 0.257 e. The van der Waals surface area contributed by atoms with Gasteiger partial charge in [-0.15, -0.1) is 0 Å². The number of halogens is 5. The van der Waals surface area contributed by atoms with Crippen molar-refractivity contribution < 1.29 is 26.7 Å². The number of likely N-dealkylation sites (tertiary alicyclic amines) is 1. The molecule has 1 saturated heterocycles. The van der Waals surface area contributed by atoms with E-state index >= 15 is 4.39 Å². The summed E-state index contributed by atoms with van der Waals surface area (Å²) in [6, 6.07) is 5.44. The van der Waals surface area contributed by atoms with Crippen molar-refractivity contribution in [2.45, 2.75) is 44.4 Å². The molecule has 172 valence electrons. The van der Waals surface area contributed by atoms with Crippen LogP contribution in [0.5, 0.6) is 0 Å². The lowest BCUT2D eigenvalue weighted by atomic mass is 9.91. The number of nitrogens with one attached hydrogen (secondary N) is 1. The van der Waals surface area contributed by atoms with E-state index in [0.29, 0.717) is 0 Å². The van der Waals surface area contributed by atoms with Crippen LogP contribution in [0, 0.1) is 22.9 Å². The molecule has 2 fully saturated rings. The molecule has 2 aromatic carbocycles. The Morgan fingerprint density at radius 3 is 2.59 bits per heavy atom. The SMILES string of the molecule is CC(F)C(=O)N1CC2(CC2)C(NSCF)C1Cc1cc(F)cc(-c2cccc(F)c2)c1F. The molecule has 1 spiro atoms. The summed E-state index contributed by atoms with van der Waals surface area (Å²) in [7, 11) is 0. The minimum absolute atomic E-state index is 0.00618. The summed E-state index contributed by atoms with van der Waals surface area (Å²) in [6.07, 6.45) is -0.283. The molecule has 2 aliphatic rings. The summed E-state index contributed by atoms with van der Waals surface area (Å²) < 4.78 is 73.4. The van der Waals surface area contributed by atoms with E-state index < -0.39 is 47.6 Å². The Hall–Kier alpha value is -2.13. The Balaban J connectivity index is 1.72. The molecule has 1 heterocycles. The summed E-state index contributed by atoms with van der Waals surface area (Å²) in [5.41, 5.74) is -0.250. The maximum atomic E-state index is 15.4. The molecule has 3 atom stereocenters. The van der Waals surface area contributed by atoms with Gasteiger partial charge >= 0.3 is 0 Å². The van der Waals surface area contributed by atoms with Crippen LogP contribution in [0.15, 0.2) is 36.4 Å². The Kier molecular flexibility index (Phi) is 6.49. The minimum Gasteiger partial charge on any atom is -0.335 e. The first kappa shape index (κ1) is 23.0. The molecule has 1 amide bonds. The van der Waals surface area contributed by atoms with Crippen molar-refractivity contribution in [2.75, 3.05) is 12.6 Å². The van der Waals surface area contributed by atoms with Gasteiger partial charge in [-0.3, -0.25) is 9.52 Å². The van der Waals surface area contributed by atoms with E-state index in [4.69, 9.17) is 0 Å². The van der Waals surface area contributed by atoms with Crippen LogP contribution >= 0.6 is 11.9 Å². The highest BCUT2D eigenvalue weighted by molar-refractivity contribution is 7.97. The van der Waals surface area contributed by atoms with Crippen molar-refractivity contribution in [1.82, 2.24) is 9.62 Å². The van der Waals surface area contributed by atoms with Crippen molar-refractivity contribution in [1.29, 1.82) is 0 Å². The minimum atomic E-state index is -1.75. The van der Waals surface area contributed by atoms with Gasteiger partial charge in [-0.05, 0) is 73.5 Å². The standard InChI is InChI=1S/C23H23F5N2OS/c1-13(25)22(31)30-11-23(5-6-23)21(29-32-12-24)19(30)9-15-8-17(27)10-18(20(15)28)14-3-2-4-16(26)7-14/h2-4,7-8,10,13,19,21,29H,5-6,9,11-12H2,1H3. The number of benzene rings is 2. The number of carbonyl (C=O) groups is 1. The Morgan fingerprint density at radius 2 is 1.97 bits per heavy atom. The van der Waals surface area contributed by atoms with Crippen LogP contribution in [0.25, 0.3) is 11.1 Å². The van der Waals surface area contributed by atoms with Gasteiger partial charge in [0.25, 0.3) is 5.91 Å². The van der Waals surface area contributed by atoms with Gasteiger partial charge in [0, 0.05) is 23.6 Å².